The number of benzene rings is 9. The molecule has 0 unspecified atom stereocenters. The Kier molecular flexibility index (Phi) is 4.15. The minimum atomic E-state index is 1.27. The zero-order chi connectivity index (χ0) is 28.5. The van der Waals surface area contributed by atoms with Crippen molar-refractivity contribution >= 4 is 75.4 Å². The Labute approximate surface area is 253 Å². The molecule has 0 atom stereocenters. The van der Waals surface area contributed by atoms with Crippen molar-refractivity contribution in [2.24, 2.45) is 0 Å². The van der Waals surface area contributed by atoms with Gasteiger partial charge in [-0.2, -0.15) is 0 Å². The molecule has 44 heavy (non-hydrogen) atoms. The monoisotopic (exact) mass is 552 g/mol. The maximum atomic E-state index is 2.48. The maximum Gasteiger partial charge on any atom is -0.00199 e. The van der Waals surface area contributed by atoms with Crippen LogP contribution in [-0.4, -0.2) is 0 Å². The quantitative estimate of drug-likeness (QED) is 0.178. The Morgan fingerprint density at radius 1 is 0.227 bits per heavy atom. The van der Waals surface area contributed by atoms with E-state index in [1.54, 1.807) is 0 Å². The van der Waals surface area contributed by atoms with Crippen LogP contribution >= 0.6 is 0 Å². The van der Waals surface area contributed by atoms with Crippen LogP contribution in [0, 0.1) is 0 Å². The van der Waals surface area contributed by atoms with E-state index in [-0.39, 0.29) is 0 Å². The number of fused-ring (bicyclic) bond motifs is 5. The van der Waals surface area contributed by atoms with E-state index >= 15 is 0 Å². The summed E-state index contributed by atoms with van der Waals surface area (Å²) in [5.74, 6) is 0. The van der Waals surface area contributed by atoms with Crippen LogP contribution in [0.1, 0.15) is 0 Å². The fourth-order valence-corrected chi connectivity index (χ4v) is 8.50. The lowest BCUT2D eigenvalue weighted by Gasteiger charge is -2.17. The van der Waals surface area contributed by atoms with Crippen molar-refractivity contribution in [3.05, 3.63) is 146 Å². The van der Waals surface area contributed by atoms with E-state index in [0.29, 0.717) is 0 Å². The molecule has 0 aliphatic heterocycles. The summed E-state index contributed by atoms with van der Waals surface area (Å²) in [5, 5.41) is 18.5. The lowest BCUT2D eigenvalue weighted by molar-refractivity contribution is 1.69. The van der Waals surface area contributed by atoms with Crippen molar-refractivity contribution in [2.75, 3.05) is 0 Å². The highest BCUT2D eigenvalue weighted by molar-refractivity contribution is 6.37. The second kappa shape index (κ2) is 8.01. The van der Waals surface area contributed by atoms with Gasteiger partial charge in [0.05, 0.1) is 0 Å². The molecule has 0 amide bonds. The molecule has 0 aromatic heterocycles. The van der Waals surface area contributed by atoms with Gasteiger partial charge in [-0.05, 0) is 121 Å². The topological polar surface area (TPSA) is 0 Å². The molecule has 0 N–H and O–H groups in total. The summed E-state index contributed by atoms with van der Waals surface area (Å²) in [4.78, 5) is 0. The van der Waals surface area contributed by atoms with Crippen LogP contribution in [0.2, 0.25) is 0 Å². The Balaban J connectivity index is 1.37. The van der Waals surface area contributed by atoms with Crippen molar-refractivity contribution in [3.63, 3.8) is 0 Å². The molecule has 1 aliphatic carbocycles. The molecule has 200 valence electrons. The Hall–Kier alpha value is -5.72. The van der Waals surface area contributed by atoms with Gasteiger partial charge in [0.2, 0.25) is 0 Å². The van der Waals surface area contributed by atoms with Crippen LogP contribution in [0.3, 0.4) is 0 Å². The molecule has 0 saturated heterocycles. The fourth-order valence-electron chi connectivity index (χ4n) is 8.50. The third kappa shape index (κ3) is 2.74. The Morgan fingerprint density at radius 2 is 0.682 bits per heavy atom. The van der Waals surface area contributed by atoms with Gasteiger partial charge in [0, 0.05) is 0 Å². The van der Waals surface area contributed by atoms with Crippen LogP contribution in [0.4, 0.5) is 0 Å². The molecule has 0 bridgehead atoms. The van der Waals surface area contributed by atoms with Gasteiger partial charge < -0.3 is 0 Å². The van der Waals surface area contributed by atoms with E-state index in [4.69, 9.17) is 0 Å². The molecule has 0 radical (unpaired) electrons. The zero-order valence-electron chi connectivity index (χ0n) is 23.9. The predicted octanol–water partition coefficient (Wildman–Crippen LogP) is 12.5. The van der Waals surface area contributed by atoms with E-state index < -0.39 is 0 Å². The molecule has 11 rings (SSSR count). The largest absolute Gasteiger partial charge is 0.0616 e. The first kappa shape index (κ1) is 22.8. The Morgan fingerprint density at radius 3 is 1.32 bits per heavy atom. The molecule has 0 fully saturated rings. The highest BCUT2D eigenvalue weighted by Gasteiger charge is 2.23. The minimum Gasteiger partial charge on any atom is -0.0616 e. The first-order valence-electron chi connectivity index (χ1n) is 15.4. The second-order valence-electron chi connectivity index (χ2n) is 12.4. The van der Waals surface area contributed by atoms with Crippen molar-refractivity contribution in [1.29, 1.82) is 0 Å². The van der Waals surface area contributed by atoms with E-state index in [2.05, 4.69) is 146 Å². The molecule has 0 saturated carbocycles. The second-order valence-corrected chi connectivity index (χ2v) is 12.4. The van der Waals surface area contributed by atoms with E-state index in [1.165, 1.54) is 109 Å². The standard InChI is InChI=1S/C44H24/c1-2-11-32-31(10-1)34-16-6-15-33-30(21-22-38(32)44(33)34)29-23-28-20-19-27-8-4-13-36-35-12-3-7-25-17-18-26-9-5-14-37(42(26)40(25)35)39(24-29)43(28)41(27)36/h1-24H. The van der Waals surface area contributed by atoms with Crippen molar-refractivity contribution in [1.82, 2.24) is 0 Å². The first-order chi connectivity index (χ1) is 21.8. The van der Waals surface area contributed by atoms with Gasteiger partial charge in [-0.15, -0.1) is 0 Å². The molecule has 1 aliphatic rings. The third-order valence-electron chi connectivity index (χ3n) is 10.3. The molecule has 0 heterocycles. The number of rotatable bonds is 1. The summed E-state index contributed by atoms with van der Waals surface area (Å²) in [6.07, 6.45) is 0. The fraction of sp³-hybridized carbons (Fsp3) is 0. The van der Waals surface area contributed by atoms with Gasteiger partial charge in [0.1, 0.15) is 0 Å². The summed E-state index contributed by atoms with van der Waals surface area (Å²) in [6, 6.07) is 54.9. The van der Waals surface area contributed by atoms with Gasteiger partial charge in [0.15, 0.2) is 0 Å². The zero-order valence-corrected chi connectivity index (χ0v) is 23.9. The molecule has 10 aromatic carbocycles. The van der Waals surface area contributed by atoms with Crippen LogP contribution < -0.4 is 0 Å². The van der Waals surface area contributed by atoms with Crippen LogP contribution in [0.15, 0.2) is 146 Å². The number of hydrogen-bond donors (Lipinski definition) is 0. The third-order valence-corrected chi connectivity index (χ3v) is 10.3. The van der Waals surface area contributed by atoms with E-state index in [9.17, 15) is 0 Å². The molecule has 0 nitrogen and oxygen atoms in total. The average Bonchev–Trinajstić information content (AvgIpc) is 3.41. The van der Waals surface area contributed by atoms with Crippen molar-refractivity contribution in [3.8, 4) is 33.4 Å². The smallest absolute Gasteiger partial charge is 0.00199 e. The van der Waals surface area contributed by atoms with Crippen molar-refractivity contribution in [2.45, 2.75) is 0 Å². The first-order valence-corrected chi connectivity index (χ1v) is 15.4. The Bertz CT molecular complexity index is 2830. The van der Waals surface area contributed by atoms with Crippen LogP contribution in [-0.2, 0) is 0 Å². The molecule has 10 aromatic rings. The van der Waals surface area contributed by atoms with Crippen LogP contribution in [0.25, 0.3) is 109 Å². The van der Waals surface area contributed by atoms with E-state index in [0.717, 1.165) is 0 Å². The number of hydrogen-bond acceptors (Lipinski definition) is 0. The highest BCUT2D eigenvalue weighted by atomic mass is 14.3. The van der Waals surface area contributed by atoms with Crippen LogP contribution in [0.5, 0.6) is 0 Å². The summed E-state index contributed by atoms with van der Waals surface area (Å²) >= 11 is 0. The summed E-state index contributed by atoms with van der Waals surface area (Å²) < 4.78 is 0. The predicted molar refractivity (Wildman–Crippen MR) is 190 cm³/mol. The maximum absolute atomic E-state index is 2.48. The summed E-state index contributed by atoms with van der Waals surface area (Å²) in [7, 11) is 0. The molecule has 0 heteroatoms. The van der Waals surface area contributed by atoms with E-state index in [1.807, 2.05) is 0 Å². The highest BCUT2D eigenvalue weighted by Crippen LogP contribution is 2.50. The molecule has 0 spiro atoms. The summed E-state index contributed by atoms with van der Waals surface area (Å²) in [6.45, 7) is 0. The SMILES string of the molecule is c1ccc2c(c1)-c1cccc3c(-c4cc5ccc6cccc7c8cccc9ccc%10cccc(c(c4)c5c67)c%10c98)ccc-2c13. The molecular formula is C44H24. The lowest BCUT2D eigenvalue weighted by atomic mass is 9.86. The minimum absolute atomic E-state index is 1.27. The van der Waals surface area contributed by atoms with Gasteiger partial charge in [-0.25, -0.2) is 0 Å². The van der Waals surface area contributed by atoms with Gasteiger partial charge in [-0.1, -0.05) is 133 Å². The van der Waals surface area contributed by atoms with Gasteiger partial charge >= 0.3 is 0 Å². The average molecular weight is 553 g/mol. The summed E-state index contributed by atoms with van der Waals surface area (Å²) in [5.41, 5.74) is 7.91. The lowest BCUT2D eigenvalue weighted by Crippen LogP contribution is -1.90. The van der Waals surface area contributed by atoms with Gasteiger partial charge in [-0.3, -0.25) is 0 Å². The molecular weight excluding hydrogens is 528 g/mol. The van der Waals surface area contributed by atoms with Gasteiger partial charge in [0.25, 0.3) is 0 Å². The normalized spacial score (nSPS) is 12.5. The van der Waals surface area contributed by atoms with Crippen molar-refractivity contribution < 1.29 is 0 Å².